The van der Waals surface area contributed by atoms with Crippen molar-refractivity contribution in [1.82, 2.24) is 20.1 Å². The molecular weight excluding hydrogens is 268 g/mol. The highest BCUT2D eigenvalue weighted by molar-refractivity contribution is 5.97. The molecule has 0 saturated carbocycles. The molecule has 1 aromatic heterocycles. The Hall–Kier alpha value is -1.95. The molecule has 2 heterocycles. The SMILES string of the molecule is Cc1ccc(C(=O)N(C)CC(=O)N2CCNCC2)c(C)n1. The number of carbonyl (C=O) groups is 2. The van der Waals surface area contributed by atoms with Gasteiger partial charge in [-0.2, -0.15) is 0 Å². The number of carbonyl (C=O) groups excluding carboxylic acids is 2. The number of piperazine rings is 1. The first-order chi connectivity index (χ1) is 9.99. The second kappa shape index (κ2) is 6.67. The number of pyridine rings is 1. The van der Waals surface area contributed by atoms with Crippen LogP contribution in [0.1, 0.15) is 21.7 Å². The maximum atomic E-state index is 12.4. The molecule has 1 N–H and O–H groups in total. The van der Waals surface area contributed by atoms with E-state index in [1.165, 1.54) is 4.90 Å². The van der Waals surface area contributed by atoms with Gasteiger partial charge in [0.25, 0.3) is 5.91 Å². The Kier molecular flexibility index (Phi) is 4.90. The lowest BCUT2D eigenvalue weighted by Crippen LogP contribution is -2.49. The molecular formula is C15H22N4O2. The van der Waals surface area contributed by atoms with Gasteiger partial charge in [-0.25, -0.2) is 0 Å². The van der Waals surface area contributed by atoms with Crippen molar-refractivity contribution >= 4 is 11.8 Å². The predicted octanol–water partition coefficient (Wildman–Crippen LogP) is 0.202. The fourth-order valence-corrected chi connectivity index (χ4v) is 2.41. The zero-order chi connectivity index (χ0) is 15.4. The largest absolute Gasteiger partial charge is 0.339 e. The average molecular weight is 290 g/mol. The Morgan fingerprint density at radius 1 is 1.29 bits per heavy atom. The summed E-state index contributed by atoms with van der Waals surface area (Å²) >= 11 is 0. The second-order valence-electron chi connectivity index (χ2n) is 5.38. The third-order valence-corrected chi connectivity index (χ3v) is 3.64. The summed E-state index contributed by atoms with van der Waals surface area (Å²) in [7, 11) is 1.65. The van der Waals surface area contributed by atoms with Crippen molar-refractivity contribution in [3.63, 3.8) is 0 Å². The molecule has 0 radical (unpaired) electrons. The molecule has 1 saturated heterocycles. The fourth-order valence-electron chi connectivity index (χ4n) is 2.41. The number of amides is 2. The molecule has 1 aromatic rings. The maximum absolute atomic E-state index is 12.4. The third-order valence-electron chi connectivity index (χ3n) is 3.64. The van der Waals surface area contributed by atoms with Crippen LogP contribution in [0.15, 0.2) is 12.1 Å². The summed E-state index contributed by atoms with van der Waals surface area (Å²) in [5, 5.41) is 3.20. The quantitative estimate of drug-likeness (QED) is 0.864. The zero-order valence-electron chi connectivity index (χ0n) is 12.8. The summed E-state index contributed by atoms with van der Waals surface area (Å²) in [5.41, 5.74) is 2.13. The number of aromatic nitrogens is 1. The summed E-state index contributed by atoms with van der Waals surface area (Å²) in [6, 6.07) is 3.58. The summed E-state index contributed by atoms with van der Waals surface area (Å²) in [5.74, 6) is -0.173. The Morgan fingerprint density at radius 2 is 1.95 bits per heavy atom. The van der Waals surface area contributed by atoms with Crippen LogP contribution in [-0.2, 0) is 4.79 Å². The van der Waals surface area contributed by atoms with Gasteiger partial charge in [0.05, 0.1) is 17.8 Å². The molecule has 0 aromatic carbocycles. The number of aryl methyl sites for hydroxylation is 2. The molecule has 2 amide bonds. The van der Waals surface area contributed by atoms with Crippen LogP contribution in [-0.4, -0.2) is 66.4 Å². The lowest BCUT2D eigenvalue weighted by Gasteiger charge is -2.29. The highest BCUT2D eigenvalue weighted by Crippen LogP contribution is 2.09. The average Bonchev–Trinajstić information content (AvgIpc) is 2.47. The smallest absolute Gasteiger partial charge is 0.255 e. The van der Waals surface area contributed by atoms with Gasteiger partial charge in [-0.1, -0.05) is 0 Å². The second-order valence-corrected chi connectivity index (χ2v) is 5.38. The monoisotopic (exact) mass is 290 g/mol. The maximum Gasteiger partial charge on any atom is 0.255 e. The van der Waals surface area contributed by atoms with Crippen LogP contribution in [0.5, 0.6) is 0 Å². The summed E-state index contributed by atoms with van der Waals surface area (Å²) in [6.07, 6.45) is 0. The molecule has 6 nitrogen and oxygen atoms in total. The highest BCUT2D eigenvalue weighted by Gasteiger charge is 2.21. The number of likely N-dealkylation sites (N-methyl/N-ethyl adjacent to an activating group) is 1. The molecule has 0 bridgehead atoms. The van der Waals surface area contributed by atoms with E-state index in [0.29, 0.717) is 24.3 Å². The Balaban J connectivity index is 2.00. The van der Waals surface area contributed by atoms with E-state index < -0.39 is 0 Å². The van der Waals surface area contributed by atoms with E-state index in [4.69, 9.17) is 0 Å². The molecule has 0 spiro atoms. The van der Waals surface area contributed by atoms with Crippen molar-refractivity contribution in [3.8, 4) is 0 Å². The van der Waals surface area contributed by atoms with Crippen molar-refractivity contribution in [2.75, 3.05) is 39.8 Å². The van der Waals surface area contributed by atoms with Gasteiger partial charge in [0.1, 0.15) is 0 Å². The van der Waals surface area contributed by atoms with Crippen molar-refractivity contribution < 1.29 is 9.59 Å². The predicted molar refractivity (Wildman–Crippen MR) is 80.1 cm³/mol. The number of nitrogens with zero attached hydrogens (tertiary/aromatic N) is 3. The molecule has 0 atom stereocenters. The Morgan fingerprint density at radius 3 is 2.57 bits per heavy atom. The van der Waals surface area contributed by atoms with Crippen LogP contribution in [0.3, 0.4) is 0 Å². The first-order valence-electron chi connectivity index (χ1n) is 7.17. The summed E-state index contributed by atoms with van der Waals surface area (Å²) < 4.78 is 0. The fraction of sp³-hybridized carbons (Fsp3) is 0.533. The van der Waals surface area contributed by atoms with Crippen molar-refractivity contribution in [1.29, 1.82) is 0 Å². The number of hydrogen-bond donors (Lipinski definition) is 1. The first-order valence-corrected chi connectivity index (χ1v) is 7.17. The van der Waals surface area contributed by atoms with E-state index in [9.17, 15) is 9.59 Å². The van der Waals surface area contributed by atoms with Crippen LogP contribution in [0.2, 0.25) is 0 Å². The van der Waals surface area contributed by atoms with Crippen molar-refractivity contribution in [3.05, 3.63) is 29.1 Å². The molecule has 6 heteroatoms. The highest BCUT2D eigenvalue weighted by atomic mass is 16.2. The molecule has 1 fully saturated rings. The van der Waals surface area contributed by atoms with Gasteiger partial charge >= 0.3 is 0 Å². The van der Waals surface area contributed by atoms with Gasteiger partial charge in [0, 0.05) is 38.9 Å². The minimum atomic E-state index is -0.163. The molecule has 0 aliphatic carbocycles. The normalized spacial score (nSPS) is 14.9. The first kappa shape index (κ1) is 15.4. The van der Waals surface area contributed by atoms with Gasteiger partial charge in [-0.3, -0.25) is 14.6 Å². The van der Waals surface area contributed by atoms with Crippen LogP contribution in [0, 0.1) is 13.8 Å². The minimum absolute atomic E-state index is 0.00919. The van der Waals surface area contributed by atoms with E-state index in [2.05, 4.69) is 10.3 Å². The Labute approximate surface area is 125 Å². The lowest BCUT2D eigenvalue weighted by atomic mass is 10.1. The minimum Gasteiger partial charge on any atom is -0.339 e. The van der Waals surface area contributed by atoms with Gasteiger partial charge in [-0.15, -0.1) is 0 Å². The van der Waals surface area contributed by atoms with Gasteiger partial charge in [0.2, 0.25) is 5.91 Å². The zero-order valence-corrected chi connectivity index (χ0v) is 12.8. The summed E-state index contributed by atoms with van der Waals surface area (Å²) in [6.45, 7) is 6.82. The molecule has 114 valence electrons. The van der Waals surface area contributed by atoms with Crippen LogP contribution in [0.25, 0.3) is 0 Å². The van der Waals surface area contributed by atoms with E-state index in [1.807, 2.05) is 19.9 Å². The molecule has 0 unspecified atom stereocenters. The van der Waals surface area contributed by atoms with Crippen LogP contribution >= 0.6 is 0 Å². The van der Waals surface area contributed by atoms with Gasteiger partial charge in [-0.05, 0) is 26.0 Å². The number of rotatable bonds is 3. The number of hydrogen-bond acceptors (Lipinski definition) is 4. The molecule has 1 aliphatic rings. The lowest BCUT2D eigenvalue weighted by molar-refractivity contribution is -0.132. The van der Waals surface area contributed by atoms with Crippen molar-refractivity contribution in [2.45, 2.75) is 13.8 Å². The molecule has 2 rings (SSSR count). The Bertz CT molecular complexity index is 538. The van der Waals surface area contributed by atoms with E-state index in [1.54, 1.807) is 18.0 Å². The van der Waals surface area contributed by atoms with Gasteiger partial charge in [0.15, 0.2) is 0 Å². The summed E-state index contributed by atoms with van der Waals surface area (Å²) in [4.78, 5) is 32.1. The van der Waals surface area contributed by atoms with Crippen LogP contribution < -0.4 is 5.32 Å². The molecule has 21 heavy (non-hydrogen) atoms. The van der Waals surface area contributed by atoms with Crippen molar-refractivity contribution in [2.24, 2.45) is 0 Å². The van der Waals surface area contributed by atoms with E-state index >= 15 is 0 Å². The van der Waals surface area contributed by atoms with E-state index in [-0.39, 0.29) is 18.4 Å². The topological polar surface area (TPSA) is 65.5 Å². The number of nitrogens with one attached hydrogen (secondary N) is 1. The standard InChI is InChI=1S/C15H22N4O2/c1-11-4-5-13(12(2)17-11)15(21)18(3)10-14(20)19-8-6-16-7-9-19/h4-5,16H,6-10H2,1-3H3. The van der Waals surface area contributed by atoms with E-state index in [0.717, 1.165) is 18.8 Å². The van der Waals surface area contributed by atoms with Crippen LogP contribution in [0.4, 0.5) is 0 Å². The van der Waals surface area contributed by atoms with Gasteiger partial charge < -0.3 is 15.1 Å². The molecule has 1 aliphatic heterocycles. The third kappa shape index (κ3) is 3.78.